The summed E-state index contributed by atoms with van der Waals surface area (Å²) in [5, 5.41) is 7.39. The molecule has 1 aromatic rings. The zero-order valence-corrected chi connectivity index (χ0v) is 10.7. The smallest absolute Gasteiger partial charge is 0.127 e. The van der Waals surface area contributed by atoms with Gasteiger partial charge in [-0.05, 0) is 31.4 Å². The third-order valence-electron chi connectivity index (χ3n) is 3.53. The number of nitrogens with two attached hydrogens (primary N) is 1. The number of halogens is 1. The van der Waals surface area contributed by atoms with E-state index in [0.29, 0.717) is 13.0 Å². The highest BCUT2D eigenvalue weighted by Crippen LogP contribution is 2.49. The van der Waals surface area contributed by atoms with Crippen LogP contribution in [0.1, 0.15) is 24.8 Å². The van der Waals surface area contributed by atoms with Gasteiger partial charge >= 0.3 is 0 Å². The molecule has 18 heavy (non-hydrogen) atoms. The Kier molecular flexibility index (Phi) is 3.66. The van der Waals surface area contributed by atoms with Crippen LogP contribution in [-0.2, 0) is 6.54 Å². The summed E-state index contributed by atoms with van der Waals surface area (Å²) < 4.78 is 13.5. The number of hydrogen-bond acceptors (Lipinski definition) is 2. The van der Waals surface area contributed by atoms with Crippen LogP contribution in [0.15, 0.2) is 24.3 Å². The van der Waals surface area contributed by atoms with E-state index in [1.807, 2.05) is 19.2 Å². The molecule has 1 aromatic carbocycles. The van der Waals surface area contributed by atoms with Gasteiger partial charge in [-0.2, -0.15) is 0 Å². The molecule has 2 rings (SSSR count). The summed E-state index contributed by atoms with van der Waals surface area (Å²) in [4.78, 5) is 2.12. The van der Waals surface area contributed by atoms with Crippen molar-refractivity contribution in [1.82, 2.24) is 4.90 Å². The Morgan fingerprint density at radius 3 is 2.67 bits per heavy atom. The molecule has 1 saturated carbocycles. The van der Waals surface area contributed by atoms with E-state index < -0.39 is 0 Å². The number of nitrogens with one attached hydrogen (secondary N) is 1. The van der Waals surface area contributed by atoms with Crippen LogP contribution in [0.4, 0.5) is 4.39 Å². The third-order valence-corrected chi connectivity index (χ3v) is 3.53. The average Bonchev–Trinajstić information content (AvgIpc) is 3.00. The SMILES string of the molecule is CN(Cc1ccccc1F)CC1(CC(=N)N)CC1. The average molecular weight is 249 g/mol. The summed E-state index contributed by atoms with van der Waals surface area (Å²) in [5.41, 5.74) is 6.37. The molecular weight excluding hydrogens is 229 g/mol. The zero-order valence-electron chi connectivity index (χ0n) is 10.7. The van der Waals surface area contributed by atoms with Gasteiger partial charge in [0.05, 0.1) is 5.84 Å². The molecule has 1 fully saturated rings. The summed E-state index contributed by atoms with van der Waals surface area (Å²) >= 11 is 0. The van der Waals surface area contributed by atoms with Gasteiger partial charge in [0.1, 0.15) is 5.82 Å². The van der Waals surface area contributed by atoms with Gasteiger partial charge in [0.2, 0.25) is 0 Å². The van der Waals surface area contributed by atoms with Crippen molar-refractivity contribution in [2.24, 2.45) is 11.1 Å². The Morgan fingerprint density at radius 1 is 1.44 bits per heavy atom. The highest BCUT2D eigenvalue weighted by Gasteiger charge is 2.43. The standard InChI is InChI=1S/C14H20FN3/c1-18(9-11-4-2-3-5-12(11)15)10-14(6-7-14)8-13(16)17/h2-5H,6-10H2,1H3,(H3,16,17). The van der Waals surface area contributed by atoms with Gasteiger partial charge in [-0.25, -0.2) is 4.39 Å². The normalized spacial score (nSPS) is 16.8. The molecule has 1 aliphatic carbocycles. The maximum atomic E-state index is 13.5. The third kappa shape index (κ3) is 3.29. The van der Waals surface area contributed by atoms with E-state index in [4.69, 9.17) is 11.1 Å². The first-order chi connectivity index (χ1) is 8.51. The minimum absolute atomic E-state index is 0.152. The monoisotopic (exact) mass is 249 g/mol. The van der Waals surface area contributed by atoms with Crippen molar-refractivity contribution in [3.05, 3.63) is 35.6 Å². The molecular formula is C14H20FN3. The van der Waals surface area contributed by atoms with Crippen LogP contribution in [0.2, 0.25) is 0 Å². The lowest BCUT2D eigenvalue weighted by atomic mass is 10.0. The van der Waals surface area contributed by atoms with E-state index in [1.54, 1.807) is 6.07 Å². The summed E-state index contributed by atoms with van der Waals surface area (Å²) in [6.07, 6.45) is 2.90. The predicted molar refractivity (Wildman–Crippen MR) is 70.9 cm³/mol. The molecule has 0 amide bonds. The van der Waals surface area contributed by atoms with E-state index in [-0.39, 0.29) is 17.1 Å². The first-order valence-electron chi connectivity index (χ1n) is 6.26. The van der Waals surface area contributed by atoms with Crippen LogP contribution >= 0.6 is 0 Å². The van der Waals surface area contributed by atoms with Crippen LogP contribution in [0.5, 0.6) is 0 Å². The number of hydrogen-bond donors (Lipinski definition) is 2. The number of amidine groups is 1. The molecule has 0 atom stereocenters. The van der Waals surface area contributed by atoms with Gasteiger partial charge in [0.25, 0.3) is 0 Å². The first kappa shape index (κ1) is 13.0. The first-order valence-corrected chi connectivity index (χ1v) is 6.26. The largest absolute Gasteiger partial charge is 0.388 e. The zero-order chi connectivity index (χ0) is 13.2. The predicted octanol–water partition coefficient (Wildman–Crippen LogP) is 2.36. The molecule has 1 aliphatic rings. The lowest BCUT2D eigenvalue weighted by Gasteiger charge is -2.23. The van der Waals surface area contributed by atoms with Crippen LogP contribution < -0.4 is 5.73 Å². The number of nitrogens with zero attached hydrogens (tertiary/aromatic N) is 1. The molecule has 4 heteroatoms. The van der Waals surface area contributed by atoms with Crippen molar-refractivity contribution >= 4 is 5.84 Å². The fourth-order valence-electron chi connectivity index (χ4n) is 2.52. The molecule has 3 N–H and O–H groups in total. The molecule has 0 unspecified atom stereocenters. The van der Waals surface area contributed by atoms with Gasteiger partial charge in [-0.1, -0.05) is 18.2 Å². The van der Waals surface area contributed by atoms with Crippen molar-refractivity contribution in [3.8, 4) is 0 Å². The molecule has 98 valence electrons. The molecule has 0 saturated heterocycles. The lowest BCUT2D eigenvalue weighted by Crippen LogP contribution is -2.29. The molecule has 3 nitrogen and oxygen atoms in total. The van der Waals surface area contributed by atoms with Gasteiger partial charge in [-0.15, -0.1) is 0 Å². The molecule has 0 bridgehead atoms. The minimum Gasteiger partial charge on any atom is -0.388 e. The van der Waals surface area contributed by atoms with E-state index in [2.05, 4.69) is 4.90 Å². The second-order valence-corrected chi connectivity index (χ2v) is 5.47. The fraction of sp³-hybridized carbons (Fsp3) is 0.500. The van der Waals surface area contributed by atoms with Gasteiger partial charge < -0.3 is 10.6 Å². The maximum absolute atomic E-state index is 13.5. The highest BCUT2D eigenvalue weighted by molar-refractivity contribution is 5.78. The minimum atomic E-state index is -0.152. The van der Waals surface area contributed by atoms with Crippen molar-refractivity contribution in [1.29, 1.82) is 5.41 Å². The molecule has 0 spiro atoms. The highest BCUT2D eigenvalue weighted by atomic mass is 19.1. The maximum Gasteiger partial charge on any atom is 0.127 e. The Bertz CT molecular complexity index is 440. The Balaban J connectivity index is 1.91. The van der Waals surface area contributed by atoms with Crippen molar-refractivity contribution in [3.63, 3.8) is 0 Å². The molecule has 0 aromatic heterocycles. The summed E-state index contributed by atoms with van der Waals surface area (Å²) in [5.74, 6) is 0.104. The molecule has 0 radical (unpaired) electrons. The topological polar surface area (TPSA) is 53.1 Å². The quantitative estimate of drug-likeness (QED) is 0.600. The van der Waals surface area contributed by atoms with Crippen LogP contribution in [0.25, 0.3) is 0 Å². The van der Waals surface area contributed by atoms with E-state index in [0.717, 1.165) is 24.9 Å². The van der Waals surface area contributed by atoms with Crippen LogP contribution in [0, 0.1) is 16.6 Å². The Labute approximate surface area is 107 Å². The van der Waals surface area contributed by atoms with Gasteiger partial charge in [-0.3, -0.25) is 5.41 Å². The molecule has 0 heterocycles. The number of benzene rings is 1. The summed E-state index contributed by atoms with van der Waals surface area (Å²) in [6.45, 7) is 1.48. The Hall–Kier alpha value is -1.42. The van der Waals surface area contributed by atoms with E-state index in [9.17, 15) is 4.39 Å². The summed E-state index contributed by atoms with van der Waals surface area (Å²) in [7, 11) is 1.99. The van der Waals surface area contributed by atoms with Crippen LogP contribution in [-0.4, -0.2) is 24.3 Å². The Morgan fingerprint density at radius 2 is 2.11 bits per heavy atom. The number of rotatable bonds is 6. The summed E-state index contributed by atoms with van der Waals surface area (Å²) in [6, 6.07) is 6.87. The van der Waals surface area contributed by atoms with Crippen LogP contribution in [0.3, 0.4) is 0 Å². The van der Waals surface area contributed by atoms with Gasteiger partial charge in [0.15, 0.2) is 0 Å². The van der Waals surface area contributed by atoms with Gasteiger partial charge in [0, 0.05) is 25.1 Å². The van der Waals surface area contributed by atoms with Crippen molar-refractivity contribution in [2.45, 2.75) is 25.8 Å². The lowest BCUT2D eigenvalue weighted by molar-refractivity contribution is 0.256. The second kappa shape index (κ2) is 5.06. The van der Waals surface area contributed by atoms with Crippen molar-refractivity contribution < 1.29 is 4.39 Å². The van der Waals surface area contributed by atoms with E-state index in [1.165, 1.54) is 6.07 Å². The molecule has 0 aliphatic heterocycles. The fourth-order valence-corrected chi connectivity index (χ4v) is 2.52. The van der Waals surface area contributed by atoms with E-state index >= 15 is 0 Å². The second-order valence-electron chi connectivity index (χ2n) is 5.47. The van der Waals surface area contributed by atoms with Crippen molar-refractivity contribution in [2.75, 3.05) is 13.6 Å².